The summed E-state index contributed by atoms with van der Waals surface area (Å²) >= 11 is 11.9. The lowest BCUT2D eigenvalue weighted by molar-refractivity contribution is 0.0909. The summed E-state index contributed by atoms with van der Waals surface area (Å²) in [7, 11) is 0. The molecule has 0 fully saturated rings. The molecule has 25 heavy (non-hydrogen) atoms. The summed E-state index contributed by atoms with van der Waals surface area (Å²) in [6.07, 6.45) is -0.908. The van der Waals surface area contributed by atoms with Crippen molar-refractivity contribution in [3.05, 3.63) is 68.7 Å². The van der Waals surface area contributed by atoms with Gasteiger partial charge in [-0.05, 0) is 31.2 Å². The van der Waals surface area contributed by atoms with Crippen LogP contribution < -0.4 is 10.3 Å². The summed E-state index contributed by atoms with van der Waals surface area (Å²) in [5.41, 5.74) is 0.445. The van der Waals surface area contributed by atoms with Crippen molar-refractivity contribution in [1.29, 1.82) is 0 Å². The standard InChI is InChI=1S/C18H16Cl2N2O3/c1-11-21-16-5-3-2-4-14(16)18(24)22(11)9-13(23)10-25-17-8-12(19)6-7-15(17)20/h2-8,13,23H,9-10H2,1H3. The molecular weight excluding hydrogens is 363 g/mol. The molecule has 1 heterocycles. The molecule has 2 aromatic carbocycles. The molecule has 0 bridgehead atoms. The van der Waals surface area contributed by atoms with Gasteiger partial charge in [0.2, 0.25) is 0 Å². The van der Waals surface area contributed by atoms with Crippen molar-refractivity contribution in [2.45, 2.75) is 19.6 Å². The molecule has 3 rings (SSSR count). The van der Waals surface area contributed by atoms with Crippen molar-refractivity contribution >= 4 is 34.1 Å². The number of benzene rings is 2. The first-order valence-corrected chi connectivity index (χ1v) is 8.43. The van der Waals surface area contributed by atoms with Crippen LogP contribution in [0.3, 0.4) is 0 Å². The molecule has 3 aromatic rings. The molecule has 1 N–H and O–H groups in total. The lowest BCUT2D eigenvalue weighted by Gasteiger charge is -2.16. The van der Waals surface area contributed by atoms with Crippen molar-refractivity contribution in [1.82, 2.24) is 9.55 Å². The SMILES string of the molecule is Cc1nc2ccccc2c(=O)n1CC(O)COc1cc(Cl)ccc1Cl. The molecule has 1 atom stereocenters. The molecule has 7 heteroatoms. The highest BCUT2D eigenvalue weighted by molar-refractivity contribution is 6.34. The molecule has 0 saturated heterocycles. The zero-order chi connectivity index (χ0) is 18.0. The molecule has 0 aliphatic heterocycles. The first-order valence-electron chi connectivity index (χ1n) is 7.68. The summed E-state index contributed by atoms with van der Waals surface area (Å²) in [6, 6.07) is 12.0. The number of fused-ring (bicyclic) bond motifs is 1. The Morgan fingerprint density at radius 3 is 2.80 bits per heavy atom. The predicted octanol–water partition coefficient (Wildman–Crippen LogP) is 3.45. The van der Waals surface area contributed by atoms with Crippen molar-refractivity contribution in [2.24, 2.45) is 0 Å². The van der Waals surface area contributed by atoms with Crippen LogP contribution in [0.15, 0.2) is 47.3 Å². The number of hydrogen-bond donors (Lipinski definition) is 1. The number of ether oxygens (including phenoxy) is 1. The average molecular weight is 379 g/mol. The Morgan fingerprint density at radius 2 is 2.00 bits per heavy atom. The third-order valence-corrected chi connectivity index (χ3v) is 4.32. The van der Waals surface area contributed by atoms with Crippen LogP contribution in [0.1, 0.15) is 5.82 Å². The Balaban J connectivity index is 1.77. The Hall–Kier alpha value is -2.08. The van der Waals surface area contributed by atoms with Gasteiger partial charge in [0.1, 0.15) is 24.3 Å². The number of nitrogens with zero attached hydrogens (tertiary/aromatic N) is 2. The van der Waals surface area contributed by atoms with Gasteiger partial charge in [0.25, 0.3) is 5.56 Å². The van der Waals surface area contributed by atoms with E-state index in [2.05, 4.69) is 4.98 Å². The number of aromatic nitrogens is 2. The monoisotopic (exact) mass is 378 g/mol. The maximum absolute atomic E-state index is 12.6. The Kier molecular flexibility index (Phi) is 5.27. The van der Waals surface area contributed by atoms with Gasteiger partial charge >= 0.3 is 0 Å². The maximum Gasteiger partial charge on any atom is 0.261 e. The van der Waals surface area contributed by atoms with Crippen LogP contribution in [-0.4, -0.2) is 27.4 Å². The minimum atomic E-state index is -0.908. The van der Waals surface area contributed by atoms with Crippen LogP contribution in [0, 0.1) is 6.92 Å². The van der Waals surface area contributed by atoms with E-state index in [0.717, 1.165) is 0 Å². The van der Waals surface area contributed by atoms with Crippen molar-refractivity contribution < 1.29 is 9.84 Å². The smallest absolute Gasteiger partial charge is 0.261 e. The summed E-state index contributed by atoms with van der Waals surface area (Å²) in [4.78, 5) is 17.0. The molecule has 0 aliphatic rings. The molecule has 0 spiro atoms. The summed E-state index contributed by atoms with van der Waals surface area (Å²) in [6.45, 7) is 1.77. The zero-order valence-electron chi connectivity index (χ0n) is 13.4. The number of rotatable bonds is 5. The third kappa shape index (κ3) is 3.95. The van der Waals surface area contributed by atoms with Gasteiger partial charge in [-0.2, -0.15) is 0 Å². The van der Waals surface area contributed by atoms with Gasteiger partial charge in [0.15, 0.2) is 0 Å². The predicted molar refractivity (Wildman–Crippen MR) is 98.7 cm³/mol. The summed E-state index contributed by atoms with van der Waals surface area (Å²) < 4.78 is 6.96. The van der Waals surface area contributed by atoms with E-state index >= 15 is 0 Å². The van der Waals surface area contributed by atoms with E-state index in [1.54, 1.807) is 43.3 Å². The minimum absolute atomic E-state index is 0.0290. The Bertz CT molecular complexity index is 972. The average Bonchev–Trinajstić information content (AvgIpc) is 2.59. The van der Waals surface area contributed by atoms with Crippen LogP contribution in [0.25, 0.3) is 10.9 Å². The molecule has 1 unspecified atom stereocenters. The largest absolute Gasteiger partial charge is 0.489 e. The first-order chi connectivity index (χ1) is 12.0. The molecule has 1 aromatic heterocycles. The second-order valence-corrected chi connectivity index (χ2v) is 6.48. The molecule has 0 radical (unpaired) electrons. The molecule has 0 aliphatic carbocycles. The van der Waals surface area contributed by atoms with E-state index < -0.39 is 6.10 Å². The second kappa shape index (κ2) is 7.44. The van der Waals surface area contributed by atoms with Gasteiger partial charge in [-0.25, -0.2) is 4.98 Å². The Morgan fingerprint density at radius 1 is 1.24 bits per heavy atom. The molecular formula is C18H16Cl2N2O3. The molecule has 130 valence electrons. The van der Waals surface area contributed by atoms with Gasteiger partial charge in [0, 0.05) is 11.1 Å². The topological polar surface area (TPSA) is 64.4 Å². The van der Waals surface area contributed by atoms with E-state index in [-0.39, 0.29) is 18.7 Å². The highest BCUT2D eigenvalue weighted by Crippen LogP contribution is 2.27. The number of para-hydroxylation sites is 1. The highest BCUT2D eigenvalue weighted by Gasteiger charge is 2.13. The van der Waals surface area contributed by atoms with Gasteiger partial charge in [0.05, 0.1) is 22.5 Å². The number of hydrogen-bond acceptors (Lipinski definition) is 4. The van der Waals surface area contributed by atoms with Crippen LogP contribution in [0.4, 0.5) is 0 Å². The van der Waals surface area contributed by atoms with Crippen molar-refractivity contribution in [3.63, 3.8) is 0 Å². The fourth-order valence-corrected chi connectivity index (χ4v) is 2.87. The molecule has 5 nitrogen and oxygen atoms in total. The van der Waals surface area contributed by atoms with Crippen LogP contribution in [-0.2, 0) is 6.54 Å². The minimum Gasteiger partial charge on any atom is -0.489 e. The molecule has 0 saturated carbocycles. The van der Waals surface area contributed by atoms with E-state index in [9.17, 15) is 9.90 Å². The van der Waals surface area contributed by atoms with E-state index in [4.69, 9.17) is 27.9 Å². The number of halogens is 2. The number of aryl methyl sites for hydroxylation is 1. The van der Waals surface area contributed by atoms with Gasteiger partial charge in [-0.15, -0.1) is 0 Å². The lowest BCUT2D eigenvalue weighted by atomic mass is 10.2. The lowest BCUT2D eigenvalue weighted by Crippen LogP contribution is -2.32. The maximum atomic E-state index is 12.6. The normalized spacial score (nSPS) is 12.3. The van der Waals surface area contributed by atoms with Gasteiger partial charge < -0.3 is 9.84 Å². The van der Waals surface area contributed by atoms with E-state index in [1.807, 2.05) is 6.07 Å². The number of aliphatic hydroxyl groups is 1. The number of aliphatic hydroxyl groups excluding tert-OH is 1. The molecule has 0 amide bonds. The van der Waals surface area contributed by atoms with Crippen molar-refractivity contribution in [2.75, 3.05) is 6.61 Å². The second-order valence-electron chi connectivity index (χ2n) is 5.63. The van der Waals surface area contributed by atoms with Crippen LogP contribution >= 0.6 is 23.2 Å². The summed E-state index contributed by atoms with van der Waals surface area (Å²) in [5, 5.41) is 11.7. The fourth-order valence-electron chi connectivity index (χ4n) is 2.53. The van der Waals surface area contributed by atoms with Crippen LogP contribution in [0.2, 0.25) is 10.0 Å². The zero-order valence-corrected chi connectivity index (χ0v) is 15.0. The highest BCUT2D eigenvalue weighted by atomic mass is 35.5. The third-order valence-electron chi connectivity index (χ3n) is 3.77. The summed E-state index contributed by atoms with van der Waals surface area (Å²) in [5.74, 6) is 0.914. The van der Waals surface area contributed by atoms with E-state index in [0.29, 0.717) is 32.5 Å². The van der Waals surface area contributed by atoms with Crippen LogP contribution in [0.5, 0.6) is 5.75 Å². The van der Waals surface area contributed by atoms with Gasteiger partial charge in [-0.3, -0.25) is 9.36 Å². The van der Waals surface area contributed by atoms with Crippen molar-refractivity contribution in [3.8, 4) is 5.75 Å². The fraction of sp³-hybridized carbons (Fsp3) is 0.222. The van der Waals surface area contributed by atoms with E-state index in [1.165, 1.54) is 4.57 Å². The quantitative estimate of drug-likeness (QED) is 0.738. The van der Waals surface area contributed by atoms with Gasteiger partial charge in [-0.1, -0.05) is 35.3 Å². The Labute approximate surface area is 154 Å². The first kappa shape index (κ1) is 17.7.